The Morgan fingerprint density at radius 3 is 2.33 bits per heavy atom. The number of pyridine rings is 1. The van der Waals surface area contributed by atoms with E-state index in [2.05, 4.69) is 15.0 Å². The van der Waals surface area contributed by atoms with E-state index in [0.717, 1.165) is 0 Å². The van der Waals surface area contributed by atoms with E-state index >= 15 is 0 Å². The van der Waals surface area contributed by atoms with Gasteiger partial charge in [0.05, 0.1) is 23.7 Å². The predicted molar refractivity (Wildman–Crippen MR) is 55.0 cm³/mol. The molecule has 0 spiro atoms. The maximum absolute atomic E-state index is 8.60. The van der Waals surface area contributed by atoms with E-state index in [1.807, 2.05) is 6.07 Å². The summed E-state index contributed by atoms with van der Waals surface area (Å²) in [6, 6.07) is 5.39. The molecule has 0 fully saturated rings. The molecular formula is C10H5ClN4. The molecule has 2 aromatic rings. The van der Waals surface area contributed by atoms with E-state index in [1.54, 1.807) is 12.1 Å². The first-order valence-electron chi connectivity index (χ1n) is 4.13. The fourth-order valence-corrected chi connectivity index (χ4v) is 1.15. The molecule has 72 valence electrons. The van der Waals surface area contributed by atoms with Crippen molar-refractivity contribution < 1.29 is 0 Å². The van der Waals surface area contributed by atoms with Gasteiger partial charge in [0.15, 0.2) is 0 Å². The molecule has 0 aromatic carbocycles. The van der Waals surface area contributed by atoms with Gasteiger partial charge in [-0.25, -0.2) is 9.97 Å². The number of aromatic nitrogens is 3. The zero-order valence-electron chi connectivity index (χ0n) is 7.55. The molecule has 0 aliphatic rings. The molecule has 0 aliphatic carbocycles. The molecule has 2 aromatic heterocycles. The first-order valence-corrected chi connectivity index (χ1v) is 4.51. The van der Waals surface area contributed by atoms with Crippen molar-refractivity contribution in [2.24, 2.45) is 0 Å². The number of rotatable bonds is 1. The van der Waals surface area contributed by atoms with Gasteiger partial charge in [-0.3, -0.25) is 4.98 Å². The second-order valence-corrected chi connectivity index (χ2v) is 3.16. The van der Waals surface area contributed by atoms with E-state index in [0.29, 0.717) is 22.1 Å². The third kappa shape index (κ3) is 2.09. The lowest BCUT2D eigenvalue weighted by atomic mass is 10.2. The molecule has 4 nitrogen and oxygen atoms in total. The monoisotopic (exact) mass is 216 g/mol. The summed E-state index contributed by atoms with van der Waals surface area (Å²) in [5.74, 6) is 0. The molecular weight excluding hydrogens is 212 g/mol. The fourth-order valence-electron chi connectivity index (χ4n) is 1.06. The third-order valence-corrected chi connectivity index (χ3v) is 1.97. The molecule has 0 atom stereocenters. The van der Waals surface area contributed by atoms with Gasteiger partial charge in [-0.15, -0.1) is 0 Å². The summed E-state index contributed by atoms with van der Waals surface area (Å²) in [5, 5.41) is 8.94. The lowest BCUT2D eigenvalue weighted by Gasteiger charge is -1.98. The lowest BCUT2D eigenvalue weighted by molar-refractivity contribution is 1.17. The van der Waals surface area contributed by atoms with Gasteiger partial charge in [-0.05, 0) is 12.1 Å². The van der Waals surface area contributed by atoms with Crippen molar-refractivity contribution in [2.45, 2.75) is 0 Å². The van der Waals surface area contributed by atoms with Gasteiger partial charge in [0.25, 0.3) is 0 Å². The van der Waals surface area contributed by atoms with Crippen LogP contribution in [-0.4, -0.2) is 15.0 Å². The molecule has 2 rings (SSSR count). The van der Waals surface area contributed by atoms with Crippen LogP contribution in [0.3, 0.4) is 0 Å². The van der Waals surface area contributed by atoms with Crippen molar-refractivity contribution in [1.29, 1.82) is 5.26 Å². The van der Waals surface area contributed by atoms with E-state index in [4.69, 9.17) is 16.9 Å². The molecule has 5 heteroatoms. The van der Waals surface area contributed by atoms with Crippen LogP contribution >= 0.6 is 11.6 Å². The van der Waals surface area contributed by atoms with E-state index in [1.165, 1.54) is 18.6 Å². The van der Waals surface area contributed by atoms with Crippen molar-refractivity contribution in [3.63, 3.8) is 0 Å². The van der Waals surface area contributed by atoms with Gasteiger partial charge in [0.2, 0.25) is 0 Å². The van der Waals surface area contributed by atoms with Crippen LogP contribution in [0.2, 0.25) is 5.15 Å². The molecule has 0 amide bonds. The zero-order chi connectivity index (χ0) is 10.7. The number of hydrogen-bond donors (Lipinski definition) is 0. The Balaban J connectivity index is 2.38. The minimum Gasteiger partial charge on any atom is -0.253 e. The Bertz CT molecular complexity index is 498. The molecule has 0 N–H and O–H groups in total. The van der Waals surface area contributed by atoms with Crippen LogP contribution in [0.25, 0.3) is 11.4 Å². The zero-order valence-corrected chi connectivity index (χ0v) is 8.31. The predicted octanol–water partition coefficient (Wildman–Crippen LogP) is 2.06. The molecule has 0 saturated carbocycles. The Kier molecular flexibility index (Phi) is 2.57. The average molecular weight is 217 g/mol. The smallest absolute Gasteiger partial charge is 0.147 e. The van der Waals surface area contributed by atoms with Crippen molar-refractivity contribution in [3.8, 4) is 17.5 Å². The summed E-state index contributed by atoms with van der Waals surface area (Å²) in [4.78, 5) is 12.0. The standard InChI is InChI=1S/C10H5ClN4/c11-10-6-14-9(5-15-10)8-2-1-7(3-12)4-13-8/h1-2,4-6H. The largest absolute Gasteiger partial charge is 0.253 e. The minimum absolute atomic E-state index is 0.340. The lowest BCUT2D eigenvalue weighted by Crippen LogP contribution is -1.89. The van der Waals surface area contributed by atoms with Gasteiger partial charge >= 0.3 is 0 Å². The first-order chi connectivity index (χ1) is 7.29. The summed E-state index contributed by atoms with van der Waals surface area (Å²) in [7, 11) is 0. The van der Waals surface area contributed by atoms with E-state index in [-0.39, 0.29) is 0 Å². The molecule has 0 radical (unpaired) electrons. The first kappa shape index (κ1) is 9.56. The highest BCUT2D eigenvalue weighted by molar-refractivity contribution is 6.29. The summed E-state index contributed by atoms with van der Waals surface area (Å²) in [6.07, 6.45) is 4.49. The Morgan fingerprint density at radius 2 is 1.80 bits per heavy atom. The van der Waals surface area contributed by atoms with Crippen LogP contribution in [-0.2, 0) is 0 Å². The van der Waals surface area contributed by atoms with Gasteiger partial charge in [0, 0.05) is 6.20 Å². The fraction of sp³-hybridized carbons (Fsp3) is 0. The number of halogens is 1. The van der Waals surface area contributed by atoms with Gasteiger partial charge in [0.1, 0.15) is 16.9 Å². The second kappa shape index (κ2) is 4.03. The molecule has 0 unspecified atom stereocenters. The van der Waals surface area contributed by atoms with Crippen LogP contribution in [0.1, 0.15) is 5.56 Å². The minimum atomic E-state index is 0.340. The molecule has 0 saturated heterocycles. The van der Waals surface area contributed by atoms with Crippen LogP contribution < -0.4 is 0 Å². The number of hydrogen-bond acceptors (Lipinski definition) is 4. The van der Waals surface area contributed by atoms with Gasteiger partial charge < -0.3 is 0 Å². The van der Waals surface area contributed by atoms with Crippen molar-refractivity contribution in [3.05, 3.63) is 41.4 Å². The second-order valence-electron chi connectivity index (χ2n) is 2.77. The molecule has 15 heavy (non-hydrogen) atoms. The number of nitriles is 1. The van der Waals surface area contributed by atoms with Crippen molar-refractivity contribution in [2.75, 3.05) is 0 Å². The summed E-state index contributed by atoms with van der Waals surface area (Å²) < 4.78 is 0. The summed E-state index contributed by atoms with van der Waals surface area (Å²) >= 11 is 5.61. The van der Waals surface area contributed by atoms with Crippen LogP contribution in [0.15, 0.2) is 30.7 Å². The Labute approximate surface area is 91.2 Å². The van der Waals surface area contributed by atoms with E-state index in [9.17, 15) is 0 Å². The Hall–Kier alpha value is -1.99. The highest BCUT2D eigenvalue weighted by atomic mass is 35.5. The molecule has 0 bridgehead atoms. The van der Waals surface area contributed by atoms with E-state index < -0.39 is 0 Å². The highest BCUT2D eigenvalue weighted by Gasteiger charge is 2.01. The topological polar surface area (TPSA) is 62.5 Å². The van der Waals surface area contributed by atoms with Gasteiger partial charge in [-0.1, -0.05) is 11.6 Å². The normalized spacial score (nSPS) is 9.60. The average Bonchev–Trinajstić information content (AvgIpc) is 2.30. The summed E-state index contributed by atoms with van der Waals surface area (Å²) in [5.41, 5.74) is 1.81. The third-order valence-electron chi connectivity index (χ3n) is 1.78. The SMILES string of the molecule is N#Cc1ccc(-c2cnc(Cl)cn2)nc1. The van der Waals surface area contributed by atoms with Crippen LogP contribution in [0.5, 0.6) is 0 Å². The molecule has 2 heterocycles. The quantitative estimate of drug-likeness (QED) is 0.732. The maximum atomic E-state index is 8.60. The number of nitrogens with zero attached hydrogens (tertiary/aromatic N) is 4. The van der Waals surface area contributed by atoms with Crippen molar-refractivity contribution >= 4 is 11.6 Å². The van der Waals surface area contributed by atoms with Crippen LogP contribution in [0, 0.1) is 11.3 Å². The van der Waals surface area contributed by atoms with Crippen LogP contribution in [0.4, 0.5) is 0 Å². The Morgan fingerprint density at radius 1 is 1.00 bits per heavy atom. The molecule has 0 aliphatic heterocycles. The van der Waals surface area contributed by atoms with Crippen molar-refractivity contribution in [1.82, 2.24) is 15.0 Å². The highest BCUT2D eigenvalue weighted by Crippen LogP contribution is 2.14. The summed E-state index contributed by atoms with van der Waals surface area (Å²) in [6.45, 7) is 0. The van der Waals surface area contributed by atoms with Gasteiger partial charge in [-0.2, -0.15) is 5.26 Å². The maximum Gasteiger partial charge on any atom is 0.147 e.